The maximum Gasteiger partial charge on any atom is 0.285 e. The van der Waals surface area contributed by atoms with E-state index in [1.807, 2.05) is 24.3 Å². The van der Waals surface area contributed by atoms with Crippen molar-refractivity contribution in [2.45, 2.75) is 0 Å². The molecule has 1 N–H and O–H groups in total. The molecule has 1 aromatic heterocycles. The second kappa shape index (κ2) is 7.16. The molecule has 3 rings (SSSR count). The van der Waals surface area contributed by atoms with Crippen molar-refractivity contribution in [3.8, 4) is 5.75 Å². The predicted octanol–water partition coefficient (Wildman–Crippen LogP) is 3.30. The van der Waals surface area contributed by atoms with Crippen molar-refractivity contribution in [2.24, 2.45) is 0 Å². The summed E-state index contributed by atoms with van der Waals surface area (Å²) in [4.78, 5) is 25.5. The van der Waals surface area contributed by atoms with E-state index in [-0.39, 0.29) is 11.8 Å². The largest absolute Gasteiger partial charge is 0.497 e. The number of ether oxygens (including phenoxy) is 1. The minimum atomic E-state index is -0.355. The molecule has 5 nitrogen and oxygen atoms in total. The van der Waals surface area contributed by atoms with Crippen LogP contribution in [0.5, 0.6) is 5.75 Å². The molecule has 0 saturated carbocycles. The Morgan fingerprint density at radius 2 is 2.04 bits per heavy atom. The van der Waals surface area contributed by atoms with Gasteiger partial charge in [0.1, 0.15) is 5.75 Å². The zero-order valence-electron chi connectivity index (χ0n) is 12.5. The molecule has 0 unspecified atom stereocenters. The Morgan fingerprint density at radius 1 is 1.29 bits per heavy atom. The number of methoxy groups -OCH3 is 1. The van der Waals surface area contributed by atoms with Crippen LogP contribution in [-0.2, 0) is 4.79 Å². The average molecular weight is 376 g/mol. The minimum absolute atomic E-state index is 0.296. The third-order valence-corrected chi connectivity index (χ3v) is 5.34. The summed E-state index contributed by atoms with van der Waals surface area (Å²) in [6, 6.07) is 10.8. The first-order valence-corrected chi connectivity index (χ1v) is 8.95. The van der Waals surface area contributed by atoms with Gasteiger partial charge < -0.3 is 4.74 Å². The van der Waals surface area contributed by atoms with E-state index in [9.17, 15) is 9.59 Å². The number of rotatable bonds is 4. The van der Waals surface area contributed by atoms with Gasteiger partial charge in [0.15, 0.2) is 4.32 Å². The maximum atomic E-state index is 12.5. The Morgan fingerprint density at radius 3 is 2.67 bits per heavy atom. The summed E-state index contributed by atoms with van der Waals surface area (Å²) in [6.07, 6.45) is 1.73. The van der Waals surface area contributed by atoms with E-state index in [0.717, 1.165) is 28.1 Å². The highest BCUT2D eigenvalue weighted by Gasteiger charge is 2.33. The van der Waals surface area contributed by atoms with Crippen molar-refractivity contribution in [1.29, 1.82) is 0 Å². The van der Waals surface area contributed by atoms with Crippen LogP contribution < -0.4 is 10.2 Å². The molecular weight excluding hydrogens is 364 g/mol. The minimum Gasteiger partial charge on any atom is -0.497 e. The fraction of sp³-hybridized carbons (Fsp3) is 0.0625. The molecule has 24 heavy (non-hydrogen) atoms. The molecular formula is C16H12N2O3S3. The van der Waals surface area contributed by atoms with Gasteiger partial charge in [0.25, 0.3) is 11.8 Å². The lowest BCUT2D eigenvalue weighted by Gasteiger charge is -2.14. The smallest absolute Gasteiger partial charge is 0.285 e. The van der Waals surface area contributed by atoms with Crippen LogP contribution >= 0.6 is 35.3 Å². The van der Waals surface area contributed by atoms with Gasteiger partial charge in [-0.25, -0.2) is 0 Å². The standard InChI is InChI=1S/C16H12N2O3S3/c1-21-11-6-4-10(5-7-11)9-13-15(20)18(16(22)24-13)17-14(19)12-3-2-8-23-12/h2-9H,1H3,(H,17,19)/b13-9+. The number of hydrazine groups is 1. The third kappa shape index (κ3) is 3.50. The van der Waals surface area contributed by atoms with Crippen molar-refractivity contribution >= 4 is 57.5 Å². The lowest BCUT2D eigenvalue weighted by atomic mass is 10.2. The quantitative estimate of drug-likeness (QED) is 0.655. The monoisotopic (exact) mass is 376 g/mol. The Hall–Kier alpha value is -2.16. The number of hydrogen-bond donors (Lipinski definition) is 1. The molecule has 0 spiro atoms. The molecule has 0 bridgehead atoms. The molecule has 8 heteroatoms. The zero-order valence-corrected chi connectivity index (χ0v) is 15.0. The van der Waals surface area contributed by atoms with Crippen molar-refractivity contribution in [3.63, 3.8) is 0 Å². The zero-order chi connectivity index (χ0) is 17.1. The molecule has 2 heterocycles. The second-order valence-corrected chi connectivity index (χ2v) is 7.33. The van der Waals surface area contributed by atoms with Gasteiger partial charge in [-0.2, -0.15) is 5.01 Å². The molecule has 1 aliphatic rings. The lowest BCUT2D eigenvalue weighted by molar-refractivity contribution is -0.123. The first kappa shape index (κ1) is 16.7. The highest BCUT2D eigenvalue weighted by molar-refractivity contribution is 8.26. The van der Waals surface area contributed by atoms with Crippen molar-refractivity contribution < 1.29 is 14.3 Å². The Kier molecular flexibility index (Phi) is 4.98. The predicted molar refractivity (Wildman–Crippen MR) is 99.8 cm³/mol. The van der Waals surface area contributed by atoms with Crippen LogP contribution in [0.25, 0.3) is 6.08 Å². The Balaban J connectivity index is 1.75. The summed E-state index contributed by atoms with van der Waals surface area (Å²) in [7, 11) is 1.59. The summed E-state index contributed by atoms with van der Waals surface area (Å²) >= 11 is 7.64. The van der Waals surface area contributed by atoms with E-state index in [4.69, 9.17) is 17.0 Å². The van der Waals surface area contributed by atoms with E-state index in [2.05, 4.69) is 5.43 Å². The molecule has 2 amide bonds. The number of carbonyl (C=O) groups excluding carboxylic acids is 2. The molecule has 0 aliphatic carbocycles. The van der Waals surface area contributed by atoms with Crippen molar-refractivity contribution in [3.05, 3.63) is 57.1 Å². The summed E-state index contributed by atoms with van der Waals surface area (Å²) in [6.45, 7) is 0. The molecule has 1 aliphatic heterocycles. The maximum absolute atomic E-state index is 12.5. The van der Waals surface area contributed by atoms with Gasteiger partial charge in [0.05, 0.1) is 16.9 Å². The van der Waals surface area contributed by atoms with Crippen LogP contribution in [0.3, 0.4) is 0 Å². The normalized spacial score (nSPS) is 15.9. The van der Waals surface area contributed by atoms with Gasteiger partial charge in [-0.1, -0.05) is 30.0 Å². The van der Waals surface area contributed by atoms with Crippen molar-refractivity contribution in [2.75, 3.05) is 7.11 Å². The molecule has 2 aromatic rings. The first-order chi connectivity index (χ1) is 11.6. The molecule has 0 radical (unpaired) electrons. The molecule has 0 atom stereocenters. The molecule has 1 aromatic carbocycles. The van der Waals surface area contributed by atoms with Crippen LogP contribution in [-0.4, -0.2) is 28.3 Å². The van der Waals surface area contributed by atoms with E-state index in [0.29, 0.717) is 14.1 Å². The number of thiophene rings is 1. The Labute approximate surface area is 152 Å². The molecule has 122 valence electrons. The second-order valence-electron chi connectivity index (χ2n) is 4.71. The number of nitrogens with one attached hydrogen (secondary N) is 1. The summed E-state index contributed by atoms with van der Waals surface area (Å²) < 4.78 is 5.40. The summed E-state index contributed by atoms with van der Waals surface area (Å²) in [5.74, 6) is 0.0423. The fourth-order valence-corrected chi connectivity index (χ4v) is 3.77. The number of benzene rings is 1. The van der Waals surface area contributed by atoms with E-state index in [1.165, 1.54) is 11.3 Å². The van der Waals surface area contributed by atoms with Gasteiger partial charge in [0.2, 0.25) is 0 Å². The number of hydrogen-bond acceptors (Lipinski definition) is 6. The van der Waals surface area contributed by atoms with E-state index in [1.54, 1.807) is 30.7 Å². The number of carbonyl (C=O) groups is 2. The van der Waals surface area contributed by atoms with E-state index < -0.39 is 0 Å². The topological polar surface area (TPSA) is 58.6 Å². The summed E-state index contributed by atoms with van der Waals surface area (Å²) in [5.41, 5.74) is 3.40. The third-order valence-electron chi connectivity index (χ3n) is 3.17. The van der Waals surface area contributed by atoms with Crippen LogP contribution in [0.4, 0.5) is 0 Å². The SMILES string of the molecule is COc1ccc(/C=C2/SC(=S)N(NC(=O)c3cccs3)C2=O)cc1. The molecule has 1 fully saturated rings. The highest BCUT2D eigenvalue weighted by Crippen LogP contribution is 2.31. The van der Waals surface area contributed by atoms with Gasteiger partial charge in [-0.15, -0.1) is 11.3 Å². The number of nitrogens with zero attached hydrogens (tertiary/aromatic N) is 1. The van der Waals surface area contributed by atoms with Crippen LogP contribution in [0.2, 0.25) is 0 Å². The fourth-order valence-electron chi connectivity index (χ4n) is 1.98. The van der Waals surface area contributed by atoms with Crippen LogP contribution in [0.15, 0.2) is 46.7 Å². The van der Waals surface area contributed by atoms with Crippen molar-refractivity contribution in [1.82, 2.24) is 10.4 Å². The number of thiocarbonyl (C=S) groups is 1. The average Bonchev–Trinajstić information content (AvgIpc) is 3.20. The summed E-state index contributed by atoms with van der Waals surface area (Å²) in [5, 5.41) is 2.90. The first-order valence-electron chi connectivity index (χ1n) is 6.85. The highest BCUT2D eigenvalue weighted by atomic mass is 32.2. The van der Waals surface area contributed by atoms with Gasteiger partial charge >= 0.3 is 0 Å². The molecule has 1 saturated heterocycles. The van der Waals surface area contributed by atoms with Gasteiger partial charge in [-0.05, 0) is 47.4 Å². The van der Waals surface area contributed by atoms with Crippen LogP contribution in [0, 0.1) is 0 Å². The number of amides is 2. The number of thioether (sulfide) groups is 1. The van der Waals surface area contributed by atoms with Gasteiger partial charge in [0, 0.05) is 0 Å². The van der Waals surface area contributed by atoms with Gasteiger partial charge in [-0.3, -0.25) is 15.0 Å². The van der Waals surface area contributed by atoms with Crippen LogP contribution in [0.1, 0.15) is 15.2 Å². The Bertz CT molecular complexity index is 814. The van der Waals surface area contributed by atoms with E-state index >= 15 is 0 Å². The lowest BCUT2D eigenvalue weighted by Crippen LogP contribution is -2.44.